The van der Waals surface area contributed by atoms with E-state index in [0.29, 0.717) is 12.8 Å². The van der Waals surface area contributed by atoms with Gasteiger partial charge in [-0.15, -0.1) is 0 Å². The van der Waals surface area contributed by atoms with Crippen LogP contribution < -0.4 is 10.5 Å². The van der Waals surface area contributed by atoms with Crippen molar-refractivity contribution in [2.75, 3.05) is 5.43 Å². The van der Waals surface area contributed by atoms with Crippen molar-refractivity contribution in [3.05, 3.63) is 30.3 Å². The number of hydrazone groups is 1. The Balaban J connectivity index is 1.94. The van der Waals surface area contributed by atoms with Crippen LogP contribution in [0.3, 0.4) is 0 Å². The van der Waals surface area contributed by atoms with Crippen molar-refractivity contribution < 1.29 is 9.90 Å². The average Bonchev–Trinajstić information content (AvgIpc) is 2.76. The van der Waals surface area contributed by atoms with Crippen LogP contribution in [0, 0.1) is 16.2 Å². The maximum atomic E-state index is 11.8. The highest BCUT2D eigenvalue weighted by Gasteiger charge is 2.69. The topological polar surface area (TPSA) is 64.5 Å². The van der Waals surface area contributed by atoms with Gasteiger partial charge < -0.3 is 9.90 Å². The minimum atomic E-state index is -0.930. The maximum absolute atomic E-state index is 11.8. The molecule has 1 aromatic rings. The third-order valence-corrected chi connectivity index (χ3v) is 6.22. The molecule has 0 aliphatic heterocycles. The second-order valence-electron chi connectivity index (χ2n) is 7.04. The summed E-state index contributed by atoms with van der Waals surface area (Å²) in [7, 11) is 0. The van der Waals surface area contributed by atoms with E-state index in [1.165, 1.54) is 0 Å². The van der Waals surface area contributed by atoms with Crippen molar-refractivity contribution >= 4 is 17.4 Å². The van der Waals surface area contributed by atoms with Gasteiger partial charge in [-0.05, 0) is 36.8 Å². The molecule has 0 aromatic heterocycles. The fourth-order valence-electron chi connectivity index (χ4n) is 4.15. The monoisotopic (exact) mass is 285 g/mol. The van der Waals surface area contributed by atoms with Crippen molar-refractivity contribution in [1.29, 1.82) is 0 Å². The zero-order chi connectivity index (χ0) is 15.3. The second kappa shape index (κ2) is 4.33. The van der Waals surface area contributed by atoms with Gasteiger partial charge in [0.2, 0.25) is 0 Å². The summed E-state index contributed by atoms with van der Waals surface area (Å²) in [4.78, 5) is 11.8. The molecule has 3 rings (SSSR count). The van der Waals surface area contributed by atoms with Crippen LogP contribution in [0.2, 0.25) is 0 Å². The predicted molar refractivity (Wildman–Crippen MR) is 80.7 cm³/mol. The number of fused-ring (bicyclic) bond motifs is 2. The number of hydrogen-bond donors (Lipinski definition) is 1. The molecule has 0 heterocycles. The Morgan fingerprint density at radius 2 is 1.86 bits per heavy atom. The number of carbonyl (C=O) groups excluding carboxylic acids is 1. The fourth-order valence-corrected chi connectivity index (χ4v) is 4.15. The van der Waals surface area contributed by atoms with Gasteiger partial charge in [-0.3, -0.25) is 5.43 Å². The Labute approximate surface area is 125 Å². The number of carboxylic acids is 1. The quantitative estimate of drug-likeness (QED) is 0.867. The number of para-hydroxylation sites is 1. The molecule has 1 aromatic carbocycles. The van der Waals surface area contributed by atoms with Crippen LogP contribution in [0.25, 0.3) is 0 Å². The van der Waals surface area contributed by atoms with E-state index in [1.54, 1.807) is 0 Å². The number of nitrogens with one attached hydrogen (secondary N) is 1. The first-order valence-electron chi connectivity index (χ1n) is 7.43. The summed E-state index contributed by atoms with van der Waals surface area (Å²) in [5, 5.41) is 16.3. The molecule has 0 saturated heterocycles. The van der Waals surface area contributed by atoms with Crippen LogP contribution in [-0.2, 0) is 4.79 Å². The largest absolute Gasteiger partial charge is 0.550 e. The van der Waals surface area contributed by atoms with E-state index >= 15 is 0 Å². The van der Waals surface area contributed by atoms with E-state index in [9.17, 15) is 9.90 Å². The molecular weight excluding hydrogens is 264 g/mol. The van der Waals surface area contributed by atoms with Crippen LogP contribution in [0.4, 0.5) is 5.69 Å². The predicted octanol–water partition coefficient (Wildman–Crippen LogP) is 2.42. The van der Waals surface area contributed by atoms with E-state index in [0.717, 1.165) is 17.8 Å². The molecule has 21 heavy (non-hydrogen) atoms. The number of hydrogen-bond acceptors (Lipinski definition) is 4. The van der Waals surface area contributed by atoms with E-state index < -0.39 is 11.4 Å². The average molecular weight is 285 g/mol. The number of carbonyl (C=O) groups is 1. The zero-order valence-corrected chi connectivity index (χ0v) is 12.8. The summed E-state index contributed by atoms with van der Waals surface area (Å²) in [6, 6.07) is 9.72. The van der Waals surface area contributed by atoms with Crippen molar-refractivity contribution in [1.82, 2.24) is 0 Å². The molecule has 1 N–H and O–H groups in total. The minimum Gasteiger partial charge on any atom is -0.550 e. The smallest absolute Gasteiger partial charge is 0.0561 e. The molecule has 4 heteroatoms. The Morgan fingerprint density at radius 3 is 2.43 bits per heavy atom. The molecule has 112 valence electrons. The number of aliphatic carboxylic acids is 1. The van der Waals surface area contributed by atoms with Crippen molar-refractivity contribution in [3.8, 4) is 0 Å². The van der Waals surface area contributed by atoms with Gasteiger partial charge >= 0.3 is 0 Å². The number of anilines is 1. The molecule has 0 radical (unpaired) electrons. The van der Waals surface area contributed by atoms with Crippen molar-refractivity contribution in [2.24, 2.45) is 21.3 Å². The molecule has 0 amide bonds. The lowest BCUT2D eigenvalue weighted by atomic mass is 9.65. The Morgan fingerprint density at radius 1 is 1.19 bits per heavy atom. The minimum absolute atomic E-state index is 0.186. The van der Waals surface area contributed by atoms with Crippen LogP contribution >= 0.6 is 0 Å². The number of carboxylic acid groups (broad SMARTS) is 1. The Kier molecular flexibility index (Phi) is 2.91. The van der Waals surface area contributed by atoms with Gasteiger partial charge in [0.25, 0.3) is 0 Å². The molecule has 2 fully saturated rings. The third-order valence-electron chi connectivity index (χ3n) is 6.22. The summed E-state index contributed by atoms with van der Waals surface area (Å²) in [5.41, 5.74) is 3.63. The maximum Gasteiger partial charge on any atom is 0.0561 e. The van der Waals surface area contributed by atoms with Gasteiger partial charge in [-0.2, -0.15) is 5.10 Å². The lowest BCUT2D eigenvalue weighted by molar-refractivity contribution is -0.323. The lowest BCUT2D eigenvalue weighted by Crippen LogP contribution is -2.47. The summed E-state index contributed by atoms with van der Waals surface area (Å²) < 4.78 is 0. The molecule has 2 atom stereocenters. The highest BCUT2D eigenvalue weighted by molar-refractivity contribution is 6.00. The van der Waals surface area contributed by atoms with Gasteiger partial charge in [-0.1, -0.05) is 39.0 Å². The molecule has 0 unspecified atom stereocenters. The van der Waals surface area contributed by atoms with E-state index in [4.69, 9.17) is 0 Å². The highest BCUT2D eigenvalue weighted by atomic mass is 16.4. The van der Waals surface area contributed by atoms with Crippen LogP contribution in [-0.4, -0.2) is 11.7 Å². The standard InChI is InChI=1S/C17H22N2O2/c1-15(2)16(3)9-10-17(15,14(20)21)11-13(16)19-18-12-7-5-4-6-8-12/h4-8,18H,9-11H2,1-3H3,(H,20,21)/p-1/t16-,17+/m0/s1. The van der Waals surface area contributed by atoms with Crippen LogP contribution in [0.1, 0.15) is 40.0 Å². The SMILES string of the molecule is CC1(C)[C@]2(C(=O)[O-])CC[C@@]1(C)C(=NNc1ccccc1)C2. The van der Waals surface area contributed by atoms with Gasteiger partial charge in [-0.25, -0.2) is 0 Å². The number of benzene rings is 1. The van der Waals surface area contributed by atoms with Gasteiger partial charge in [0.15, 0.2) is 0 Å². The highest BCUT2D eigenvalue weighted by Crippen LogP contribution is 2.70. The molecular formula is C17H21N2O2-. The van der Waals surface area contributed by atoms with Gasteiger partial charge in [0.05, 0.1) is 5.69 Å². The zero-order valence-electron chi connectivity index (χ0n) is 12.8. The molecule has 2 aliphatic carbocycles. The third kappa shape index (κ3) is 1.68. The number of rotatable bonds is 3. The van der Waals surface area contributed by atoms with E-state index in [-0.39, 0.29) is 10.8 Å². The molecule has 2 saturated carbocycles. The Hall–Kier alpha value is -1.84. The van der Waals surface area contributed by atoms with Crippen molar-refractivity contribution in [2.45, 2.75) is 40.0 Å². The van der Waals surface area contributed by atoms with Gasteiger partial charge in [0, 0.05) is 22.5 Å². The summed E-state index contributed by atoms with van der Waals surface area (Å²) in [5.74, 6) is -0.930. The Bertz CT molecular complexity index is 608. The summed E-state index contributed by atoms with van der Waals surface area (Å²) in [6.45, 7) is 6.22. The lowest BCUT2D eigenvalue weighted by Gasteiger charge is -2.41. The molecule has 4 nitrogen and oxygen atoms in total. The number of nitrogens with zero attached hydrogens (tertiary/aromatic N) is 1. The van der Waals surface area contributed by atoms with E-state index in [1.807, 2.05) is 44.2 Å². The molecule has 2 bridgehead atoms. The van der Waals surface area contributed by atoms with Crippen molar-refractivity contribution in [3.63, 3.8) is 0 Å². The summed E-state index contributed by atoms with van der Waals surface area (Å²) in [6.07, 6.45) is 2.02. The van der Waals surface area contributed by atoms with Crippen LogP contribution in [0.5, 0.6) is 0 Å². The fraction of sp³-hybridized carbons (Fsp3) is 0.529. The first kappa shape index (κ1) is 14.1. The first-order chi connectivity index (χ1) is 9.83. The molecule has 0 spiro atoms. The molecule has 2 aliphatic rings. The first-order valence-corrected chi connectivity index (χ1v) is 7.43. The van der Waals surface area contributed by atoms with Gasteiger partial charge in [0.1, 0.15) is 0 Å². The normalized spacial score (nSPS) is 35.1. The van der Waals surface area contributed by atoms with E-state index in [2.05, 4.69) is 17.5 Å². The van der Waals surface area contributed by atoms with Crippen LogP contribution in [0.15, 0.2) is 35.4 Å². The second-order valence-corrected chi connectivity index (χ2v) is 7.04. The summed E-state index contributed by atoms with van der Waals surface area (Å²) >= 11 is 0.